The van der Waals surface area contributed by atoms with Gasteiger partial charge in [-0.15, -0.1) is 24.0 Å². The van der Waals surface area contributed by atoms with Crippen molar-refractivity contribution >= 4 is 40.8 Å². The summed E-state index contributed by atoms with van der Waals surface area (Å²) in [5.41, 5.74) is 6.25. The third-order valence-electron chi connectivity index (χ3n) is 6.01. The van der Waals surface area contributed by atoms with Crippen LogP contribution in [0.25, 0.3) is 10.9 Å². The Morgan fingerprint density at radius 3 is 2.73 bits per heavy atom. The monoisotopic (exact) mass is 562 g/mol. The number of nitrogens with one attached hydrogen (secondary N) is 3. The lowest BCUT2D eigenvalue weighted by molar-refractivity contribution is -0.0390. The van der Waals surface area contributed by atoms with Gasteiger partial charge in [0, 0.05) is 50.5 Å². The molecule has 2 heterocycles. The highest BCUT2D eigenvalue weighted by Gasteiger charge is 2.14. The first-order chi connectivity index (χ1) is 15.7. The number of rotatable bonds is 8. The number of aryl methyl sites for hydroxylation is 1. The second-order valence-corrected chi connectivity index (χ2v) is 8.36. The molecule has 2 aromatic carbocycles. The lowest BCUT2D eigenvalue weighted by atomic mass is 10.1. The molecule has 1 fully saturated rings. The van der Waals surface area contributed by atoms with Crippen molar-refractivity contribution in [1.82, 2.24) is 15.6 Å². The molecule has 1 aliphatic heterocycles. The van der Waals surface area contributed by atoms with Gasteiger partial charge in [0.15, 0.2) is 5.96 Å². The van der Waals surface area contributed by atoms with Gasteiger partial charge in [0.2, 0.25) is 0 Å². The van der Waals surface area contributed by atoms with Crippen molar-refractivity contribution in [3.05, 3.63) is 70.9 Å². The number of hydrogen-bond donors (Lipinski definition) is 3. The zero-order valence-electron chi connectivity index (χ0n) is 19.5. The number of hydrogen-bond acceptors (Lipinski definition) is 3. The van der Waals surface area contributed by atoms with E-state index in [1.807, 2.05) is 7.05 Å². The maximum absolute atomic E-state index is 6.06. The fraction of sp³-hybridized carbons (Fsp3) is 0.423. The van der Waals surface area contributed by atoms with E-state index in [0.29, 0.717) is 12.7 Å². The van der Waals surface area contributed by atoms with Gasteiger partial charge in [-0.3, -0.25) is 4.99 Å². The van der Waals surface area contributed by atoms with Gasteiger partial charge in [-0.25, -0.2) is 0 Å². The van der Waals surface area contributed by atoms with E-state index in [9.17, 15) is 0 Å². The summed E-state index contributed by atoms with van der Waals surface area (Å²) in [7, 11) is 1.81. The molecular weight excluding hydrogens is 527 g/mol. The second kappa shape index (κ2) is 13.0. The maximum Gasteiger partial charge on any atom is 0.191 e. The summed E-state index contributed by atoms with van der Waals surface area (Å²) in [6.07, 6.45) is 5.34. The molecule has 33 heavy (non-hydrogen) atoms. The molecule has 1 saturated heterocycles. The van der Waals surface area contributed by atoms with Crippen LogP contribution in [0.4, 0.5) is 0 Å². The van der Waals surface area contributed by atoms with Crippen LogP contribution in [0.5, 0.6) is 0 Å². The Kier molecular flexibility index (Phi) is 10.0. The SMILES string of the molecule is CN=C(NCCc1c[nH]c2cccc(C)c12)NCc1cccc(COC2CCOCC2)c1.I. The molecule has 6 nitrogen and oxygen atoms in total. The van der Waals surface area contributed by atoms with Crippen LogP contribution in [0.1, 0.15) is 35.1 Å². The van der Waals surface area contributed by atoms with E-state index in [-0.39, 0.29) is 24.0 Å². The van der Waals surface area contributed by atoms with Gasteiger partial charge in [0.05, 0.1) is 12.7 Å². The summed E-state index contributed by atoms with van der Waals surface area (Å²) in [4.78, 5) is 7.75. The molecule has 3 aromatic rings. The highest BCUT2D eigenvalue weighted by molar-refractivity contribution is 14.0. The highest BCUT2D eigenvalue weighted by Crippen LogP contribution is 2.22. The van der Waals surface area contributed by atoms with Crippen molar-refractivity contribution < 1.29 is 9.47 Å². The van der Waals surface area contributed by atoms with Crippen LogP contribution in [-0.2, 0) is 29.0 Å². The fourth-order valence-electron chi connectivity index (χ4n) is 4.26. The standard InChI is InChI=1S/C26H34N4O2.HI/c1-19-5-3-8-24-25(19)22(17-29-24)9-12-28-26(27-2)30-16-20-6-4-7-21(15-20)18-32-23-10-13-31-14-11-23;/h3-8,15,17,23,29H,9-14,16,18H2,1-2H3,(H2,27,28,30);1H. The van der Waals surface area contributed by atoms with Gasteiger partial charge >= 0.3 is 0 Å². The summed E-state index contributed by atoms with van der Waals surface area (Å²) >= 11 is 0. The highest BCUT2D eigenvalue weighted by atomic mass is 127. The van der Waals surface area contributed by atoms with E-state index >= 15 is 0 Å². The lowest BCUT2D eigenvalue weighted by Gasteiger charge is -2.22. The Hall–Kier alpha value is -2.10. The number of fused-ring (bicyclic) bond motifs is 1. The molecule has 0 amide bonds. The molecule has 4 rings (SSSR count). The van der Waals surface area contributed by atoms with Crippen molar-refractivity contribution in [3.63, 3.8) is 0 Å². The third kappa shape index (κ3) is 7.19. The zero-order chi connectivity index (χ0) is 22.2. The first kappa shape index (κ1) is 25.5. The second-order valence-electron chi connectivity index (χ2n) is 8.36. The molecule has 7 heteroatoms. The first-order valence-electron chi connectivity index (χ1n) is 11.5. The molecule has 0 atom stereocenters. The molecule has 0 aliphatic carbocycles. The molecule has 3 N–H and O–H groups in total. The third-order valence-corrected chi connectivity index (χ3v) is 6.01. The maximum atomic E-state index is 6.06. The molecular formula is C26H35IN4O2. The number of aromatic nitrogens is 1. The minimum absolute atomic E-state index is 0. The van der Waals surface area contributed by atoms with Crippen molar-refractivity contribution in [1.29, 1.82) is 0 Å². The quantitative estimate of drug-likeness (QED) is 0.212. The molecule has 0 radical (unpaired) electrons. The summed E-state index contributed by atoms with van der Waals surface area (Å²) in [6, 6.07) is 14.9. The molecule has 1 aromatic heterocycles. The van der Waals surface area contributed by atoms with Gasteiger partial charge in [-0.05, 0) is 54.5 Å². The van der Waals surface area contributed by atoms with Crippen LogP contribution in [0.3, 0.4) is 0 Å². The normalized spacial score (nSPS) is 14.8. The number of guanidine groups is 1. The average Bonchev–Trinajstić information content (AvgIpc) is 3.25. The first-order valence-corrected chi connectivity index (χ1v) is 11.5. The Morgan fingerprint density at radius 2 is 1.91 bits per heavy atom. The Morgan fingerprint density at radius 1 is 1.12 bits per heavy atom. The van der Waals surface area contributed by atoms with Crippen molar-refractivity contribution in [2.45, 2.75) is 45.4 Å². The number of nitrogens with zero attached hydrogens (tertiary/aromatic N) is 1. The van der Waals surface area contributed by atoms with E-state index in [2.05, 4.69) is 76.2 Å². The molecule has 0 bridgehead atoms. The Balaban J connectivity index is 0.00000306. The summed E-state index contributed by atoms with van der Waals surface area (Å²) in [5.74, 6) is 0.811. The number of H-pyrrole nitrogens is 1. The van der Waals surface area contributed by atoms with Crippen LogP contribution >= 0.6 is 24.0 Å². The number of ether oxygens (including phenoxy) is 2. The van der Waals surface area contributed by atoms with Gasteiger partial charge < -0.3 is 25.1 Å². The van der Waals surface area contributed by atoms with Gasteiger partial charge in [0.1, 0.15) is 0 Å². The minimum atomic E-state index is 0. The Labute approximate surface area is 213 Å². The predicted molar refractivity (Wildman–Crippen MR) is 145 cm³/mol. The zero-order valence-corrected chi connectivity index (χ0v) is 21.9. The van der Waals surface area contributed by atoms with Gasteiger partial charge in [-0.1, -0.05) is 36.4 Å². The van der Waals surface area contributed by atoms with Crippen LogP contribution < -0.4 is 10.6 Å². The largest absolute Gasteiger partial charge is 0.381 e. The van der Waals surface area contributed by atoms with Gasteiger partial charge in [-0.2, -0.15) is 0 Å². The van der Waals surface area contributed by atoms with E-state index in [0.717, 1.165) is 51.5 Å². The van der Waals surface area contributed by atoms with Crippen molar-refractivity contribution in [2.75, 3.05) is 26.8 Å². The predicted octanol–water partition coefficient (Wildman–Crippen LogP) is 4.70. The van der Waals surface area contributed by atoms with Crippen molar-refractivity contribution in [2.24, 2.45) is 4.99 Å². The summed E-state index contributed by atoms with van der Waals surface area (Å²) < 4.78 is 11.5. The number of aromatic amines is 1. The average molecular weight is 562 g/mol. The van der Waals surface area contributed by atoms with E-state index in [1.54, 1.807) is 0 Å². The van der Waals surface area contributed by atoms with Crippen LogP contribution in [-0.4, -0.2) is 43.9 Å². The topological polar surface area (TPSA) is 70.7 Å². The van der Waals surface area contributed by atoms with Crippen LogP contribution in [0, 0.1) is 6.92 Å². The smallest absolute Gasteiger partial charge is 0.191 e. The molecule has 178 valence electrons. The lowest BCUT2D eigenvalue weighted by Crippen LogP contribution is -2.37. The molecule has 0 saturated carbocycles. The molecule has 1 aliphatic rings. The number of halogens is 1. The van der Waals surface area contributed by atoms with Crippen molar-refractivity contribution in [3.8, 4) is 0 Å². The number of benzene rings is 2. The summed E-state index contributed by atoms with van der Waals surface area (Å²) in [5, 5.41) is 8.18. The van der Waals surface area contributed by atoms with Crippen LogP contribution in [0.15, 0.2) is 53.7 Å². The number of aliphatic imine (C=N–C) groups is 1. The Bertz CT molecular complexity index is 1040. The van der Waals surface area contributed by atoms with E-state index < -0.39 is 0 Å². The minimum Gasteiger partial charge on any atom is -0.381 e. The van der Waals surface area contributed by atoms with Crippen LogP contribution in [0.2, 0.25) is 0 Å². The van der Waals surface area contributed by atoms with E-state index in [4.69, 9.17) is 9.47 Å². The van der Waals surface area contributed by atoms with E-state index in [1.165, 1.54) is 33.2 Å². The van der Waals surface area contributed by atoms with Gasteiger partial charge in [0.25, 0.3) is 0 Å². The molecule has 0 spiro atoms. The fourth-order valence-corrected chi connectivity index (χ4v) is 4.26. The molecule has 0 unspecified atom stereocenters. The summed E-state index contributed by atoms with van der Waals surface area (Å²) in [6.45, 7) is 5.96.